The number of anilines is 1. The van der Waals surface area contributed by atoms with E-state index in [1.54, 1.807) is 31.1 Å². The maximum absolute atomic E-state index is 14.1. The SMILES string of the molecule is CN(C)c1ccc(C(N)CC(=O)O)c(F)c1C#N. The lowest BCUT2D eigenvalue weighted by atomic mass is 10.00. The molecule has 1 atom stereocenters. The normalized spacial score (nSPS) is 11.7. The molecule has 18 heavy (non-hydrogen) atoms. The van der Waals surface area contributed by atoms with Crippen molar-refractivity contribution in [3.05, 3.63) is 29.1 Å². The van der Waals surface area contributed by atoms with Crippen LogP contribution in [0.25, 0.3) is 0 Å². The quantitative estimate of drug-likeness (QED) is 0.840. The van der Waals surface area contributed by atoms with Crippen molar-refractivity contribution >= 4 is 11.7 Å². The molecule has 0 saturated carbocycles. The van der Waals surface area contributed by atoms with E-state index in [1.165, 1.54) is 6.07 Å². The number of hydrogen-bond acceptors (Lipinski definition) is 4. The first-order valence-corrected chi connectivity index (χ1v) is 5.25. The van der Waals surface area contributed by atoms with Crippen LogP contribution >= 0.6 is 0 Å². The molecular weight excluding hydrogens is 237 g/mol. The number of nitrogens with zero attached hydrogens (tertiary/aromatic N) is 2. The van der Waals surface area contributed by atoms with E-state index in [0.717, 1.165) is 0 Å². The minimum absolute atomic E-state index is 0.0413. The Morgan fingerprint density at radius 1 is 1.61 bits per heavy atom. The van der Waals surface area contributed by atoms with Crippen LogP contribution < -0.4 is 10.6 Å². The van der Waals surface area contributed by atoms with Crippen molar-refractivity contribution in [3.8, 4) is 6.07 Å². The molecule has 1 aromatic rings. The Bertz CT molecular complexity index is 509. The lowest BCUT2D eigenvalue weighted by Gasteiger charge is -2.18. The molecule has 96 valence electrons. The minimum Gasteiger partial charge on any atom is -0.481 e. The van der Waals surface area contributed by atoms with E-state index in [4.69, 9.17) is 16.1 Å². The van der Waals surface area contributed by atoms with Crippen molar-refractivity contribution in [2.75, 3.05) is 19.0 Å². The molecule has 3 N–H and O–H groups in total. The number of benzene rings is 1. The summed E-state index contributed by atoms with van der Waals surface area (Å²) in [6.45, 7) is 0. The van der Waals surface area contributed by atoms with Crippen molar-refractivity contribution in [3.63, 3.8) is 0 Å². The zero-order chi connectivity index (χ0) is 13.9. The summed E-state index contributed by atoms with van der Waals surface area (Å²) in [6, 6.07) is 3.78. The smallest absolute Gasteiger partial charge is 0.305 e. The van der Waals surface area contributed by atoms with Gasteiger partial charge in [-0.3, -0.25) is 4.79 Å². The van der Waals surface area contributed by atoms with Gasteiger partial charge in [0.15, 0.2) is 0 Å². The number of hydrogen-bond donors (Lipinski definition) is 2. The maximum Gasteiger partial charge on any atom is 0.305 e. The summed E-state index contributed by atoms with van der Waals surface area (Å²) in [5.41, 5.74) is 5.95. The summed E-state index contributed by atoms with van der Waals surface area (Å²) >= 11 is 0. The van der Waals surface area contributed by atoms with E-state index in [2.05, 4.69) is 0 Å². The zero-order valence-corrected chi connectivity index (χ0v) is 10.1. The van der Waals surface area contributed by atoms with Gasteiger partial charge in [0.25, 0.3) is 0 Å². The first-order valence-electron chi connectivity index (χ1n) is 5.25. The molecule has 0 saturated heterocycles. The van der Waals surface area contributed by atoms with Crippen LogP contribution in [0, 0.1) is 17.1 Å². The highest BCUT2D eigenvalue weighted by Gasteiger charge is 2.20. The molecule has 0 heterocycles. The fourth-order valence-electron chi connectivity index (χ4n) is 1.65. The van der Waals surface area contributed by atoms with Gasteiger partial charge in [-0.2, -0.15) is 5.26 Å². The van der Waals surface area contributed by atoms with E-state index in [1.807, 2.05) is 0 Å². The van der Waals surface area contributed by atoms with Crippen molar-refractivity contribution in [2.45, 2.75) is 12.5 Å². The Kier molecular flexibility index (Phi) is 4.23. The van der Waals surface area contributed by atoms with Crippen LogP contribution in [0.4, 0.5) is 10.1 Å². The molecule has 0 amide bonds. The van der Waals surface area contributed by atoms with Gasteiger partial charge in [-0.15, -0.1) is 0 Å². The highest BCUT2D eigenvalue weighted by molar-refractivity contribution is 5.68. The van der Waals surface area contributed by atoms with Crippen LogP contribution in [0.15, 0.2) is 12.1 Å². The second-order valence-corrected chi connectivity index (χ2v) is 4.07. The van der Waals surface area contributed by atoms with Crippen LogP contribution in [0.2, 0.25) is 0 Å². The average Bonchev–Trinajstić information content (AvgIpc) is 2.26. The van der Waals surface area contributed by atoms with E-state index < -0.39 is 17.8 Å². The maximum atomic E-state index is 14.1. The third kappa shape index (κ3) is 2.76. The van der Waals surface area contributed by atoms with Gasteiger partial charge in [0, 0.05) is 25.7 Å². The molecule has 0 bridgehead atoms. The summed E-state index contributed by atoms with van der Waals surface area (Å²) in [4.78, 5) is 12.2. The van der Waals surface area contributed by atoms with Gasteiger partial charge < -0.3 is 15.7 Å². The van der Waals surface area contributed by atoms with Crippen molar-refractivity contribution < 1.29 is 14.3 Å². The van der Waals surface area contributed by atoms with E-state index in [-0.39, 0.29) is 17.5 Å². The Morgan fingerprint density at radius 2 is 2.22 bits per heavy atom. The summed E-state index contributed by atoms with van der Waals surface area (Å²) < 4.78 is 14.1. The molecular formula is C12H14FN3O2. The van der Waals surface area contributed by atoms with Crippen LogP contribution in [-0.2, 0) is 4.79 Å². The minimum atomic E-state index is -1.11. The second-order valence-electron chi connectivity index (χ2n) is 4.07. The summed E-state index contributed by atoms with van der Waals surface area (Å²) in [7, 11) is 3.37. The number of rotatable bonds is 4. The number of aliphatic carboxylic acids is 1. The van der Waals surface area contributed by atoms with E-state index in [9.17, 15) is 9.18 Å². The van der Waals surface area contributed by atoms with Crippen LogP contribution in [-0.4, -0.2) is 25.2 Å². The van der Waals surface area contributed by atoms with Gasteiger partial charge in [0.2, 0.25) is 0 Å². The lowest BCUT2D eigenvalue weighted by molar-refractivity contribution is -0.137. The number of halogens is 1. The highest BCUT2D eigenvalue weighted by atomic mass is 19.1. The number of carbonyl (C=O) groups is 1. The molecule has 1 unspecified atom stereocenters. The number of nitriles is 1. The van der Waals surface area contributed by atoms with Crippen molar-refractivity contribution in [1.29, 1.82) is 5.26 Å². The lowest BCUT2D eigenvalue weighted by Crippen LogP contribution is -2.18. The summed E-state index contributed by atoms with van der Waals surface area (Å²) in [5, 5.41) is 17.6. The first-order chi connectivity index (χ1) is 8.38. The number of nitrogens with two attached hydrogens (primary N) is 1. The summed E-state index contributed by atoms with van der Waals surface area (Å²) in [6.07, 6.45) is -0.386. The molecule has 0 radical (unpaired) electrons. The van der Waals surface area contributed by atoms with Gasteiger partial charge in [0.1, 0.15) is 17.4 Å². The standard InChI is InChI=1S/C12H14FN3O2/c1-16(2)10-4-3-7(9(15)5-11(17)18)12(13)8(10)6-14/h3-4,9H,5,15H2,1-2H3,(H,17,18). The van der Waals surface area contributed by atoms with Gasteiger partial charge in [-0.05, 0) is 6.07 Å². The van der Waals surface area contributed by atoms with Crippen LogP contribution in [0.5, 0.6) is 0 Å². The van der Waals surface area contributed by atoms with Crippen LogP contribution in [0.1, 0.15) is 23.6 Å². The Labute approximate surface area is 104 Å². The molecule has 0 fully saturated rings. The van der Waals surface area contributed by atoms with Gasteiger partial charge in [-0.1, -0.05) is 6.07 Å². The Balaban J connectivity index is 3.26. The predicted octanol–water partition coefficient (Wildman–Crippen LogP) is 1.24. The molecule has 0 aliphatic rings. The summed E-state index contributed by atoms with van der Waals surface area (Å²) in [5.74, 6) is -1.87. The number of carboxylic acids is 1. The molecule has 1 rings (SSSR count). The highest BCUT2D eigenvalue weighted by Crippen LogP contribution is 2.27. The van der Waals surface area contributed by atoms with E-state index in [0.29, 0.717) is 5.69 Å². The topological polar surface area (TPSA) is 90.3 Å². The van der Waals surface area contributed by atoms with Gasteiger partial charge >= 0.3 is 5.97 Å². The Morgan fingerprint density at radius 3 is 2.67 bits per heavy atom. The molecule has 0 aromatic heterocycles. The molecule has 1 aromatic carbocycles. The molecule has 6 heteroatoms. The third-order valence-corrected chi connectivity index (χ3v) is 2.54. The van der Waals surface area contributed by atoms with E-state index >= 15 is 0 Å². The predicted molar refractivity (Wildman–Crippen MR) is 64.6 cm³/mol. The third-order valence-electron chi connectivity index (χ3n) is 2.54. The van der Waals surface area contributed by atoms with Crippen molar-refractivity contribution in [1.82, 2.24) is 0 Å². The second kappa shape index (κ2) is 5.47. The average molecular weight is 251 g/mol. The first kappa shape index (κ1) is 13.9. The number of carboxylic acid groups (broad SMARTS) is 1. The Hall–Kier alpha value is -2.13. The fourth-order valence-corrected chi connectivity index (χ4v) is 1.65. The van der Waals surface area contributed by atoms with Crippen molar-refractivity contribution in [2.24, 2.45) is 5.73 Å². The molecule has 0 aliphatic carbocycles. The molecule has 5 nitrogen and oxygen atoms in total. The molecule has 0 aliphatic heterocycles. The van der Waals surface area contributed by atoms with Crippen LogP contribution in [0.3, 0.4) is 0 Å². The molecule has 0 spiro atoms. The monoisotopic (exact) mass is 251 g/mol. The van der Waals surface area contributed by atoms with Gasteiger partial charge in [-0.25, -0.2) is 4.39 Å². The fraction of sp³-hybridized carbons (Fsp3) is 0.333. The zero-order valence-electron chi connectivity index (χ0n) is 10.1. The largest absolute Gasteiger partial charge is 0.481 e. The van der Waals surface area contributed by atoms with Gasteiger partial charge in [0.05, 0.1) is 12.1 Å².